The SMILES string of the molecule is C[C@H](NCC(Cc1ccccc1)NC(=O)c1ccccc1)C(=O)N1CCC[C@H]1C(=O)O. The largest absolute Gasteiger partial charge is 0.480 e. The zero-order valence-electron chi connectivity index (χ0n) is 17.7. The molecule has 1 saturated heterocycles. The quantitative estimate of drug-likeness (QED) is 0.574. The van der Waals surface area contributed by atoms with Crippen LogP contribution in [-0.2, 0) is 16.0 Å². The Morgan fingerprint density at radius 3 is 2.35 bits per heavy atom. The molecule has 0 aliphatic carbocycles. The van der Waals surface area contributed by atoms with Crippen LogP contribution in [-0.4, -0.2) is 59.0 Å². The number of benzene rings is 2. The van der Waals surface area contributed by atoms with Crippen molar-refractivity contribution < 1.29 is 19.5 Å². The molecule has 2 aromatic rings. The Kier molecular flexibility index (Phi) is 7.78. The number of carboxylic acid groups (broad SMARTS) is 1. The van der Waals surface area contributed by atoms with Crippen molar-refractivity contribution in [3.63, 3.8) is 0 Å². The number of hydrogen-bond acceptors (Lipinski definition) is 4. The second kappa shape index (κ2) is 10.7. The van der Waals surface area contributed by atoms with E-state index in [1.54, 1.807) is 19.1 Å². The van der Waals surface area contributed by atoms with Crippen molar-refractivity contribution in [2.75, 3.05) is 13.1 Å². The first kappa shape index (κ1) is 22.5. The van der Waals surface area contributed by atoms with Gasteiger partial charge in [-0.15, -0.1) is 0 Å². The standard InChI is InChI=1S/C24H29N3O4/c1-17(23(29)27-14-8-13-21(27)24(30)31)25-16-20(15-18-9-4-2-5-10-18)26-22(28)19-11-6-3-7-12-19/h2-7,9-12,17,20-21,25H,8,13-16H2,1H3,(H,26,28)(H,30,31)/t17-,20?,21-/m0/s1. The van der Waals surface area contributed by atoms with Crippen LogP contribution >= 0.6 is 0 Å². The van der Waals surface area contributed by atoms with Gasteiger partial charge >= 0.3 is 5.97 Å². The predicted molar refractivity (Wildman–Crippen MR) is 118 cm³/mol. The van der Waals surface area contributed by atoms with Crippen LogP contribution in [0.2, 0.25) is 0 Å². The molecule has 1 unspecified atom stereocenters. The van der Waals surface area contributed by atoms with Crippen LogP contribution in [0.15, 0.2) is 60.7 Å². The molecule has 1 fully saturated rings. The smallest absolute Gasteiger partial charge is 0.326 e. The second-order valence-electron chi connectivity index (χ2n) is 7.88. The lowest BCUT2D eigenvalue weighted by Crippen LogP contribution is -2.52. The summed E-state index contributed by atoms with van der Waals surface area (Å²) in [5.74, 6) is -1.36. The number of rotatable bonds is 9. The van der Waals surface area contributed by atoms with Crippen molar-refractivity contribution in [1.82, 2.24) is 15.5 Å². The van der Waals surface area contributed by atoms with E-state index in [1.807, 2.05) is 48.5 Å². The predicted octanol–water partition coefficient (Wildman–Crippen LogP) is 2.08. The van der Waals surface area contributed by atoms with Gasteiger partial charge in [0.2, 0.25) is 5.91 Å². The minimum Gasteiger partial charge on any atom is -0.480 e. The van der Waals surface area contributed by atoms with E-state index < -0.39 is 18.1 Å². The Labute approximate surface area is 182 Å². The summed E-state index contributed by atoms with van der Waals surface area (Å²) in [7, 11) is 0. The fraction of sp³-hybridized carbons (Fsp3) is 0.375. The Morgan fingerprint density at radius 1 is 1.06 bits per heavy atom. The van der Waals surface area contributed by atoms with E-state index >= 15 is 0 Å². The van der Waals surface area contributed by atoms with Gasteiger partial charge in [-0.25, -0.2) is 4.79 Å². The maximum atomic E-state index is 12.8. The summed E-state index contributed by atoms with van der Waals surface area (Å²) < 4.78 is 0. The Hall–Kier alpha value is -3.19. The maximum Gasteiger partial charge on any atom is 0.326 e. The number of carbonyl (C=O) groups excluding carboxylic acids is 2. The third-order valence-electron chi connectivity index (χ3n) is 5.56. The van der Waals surface area contributed by atoms with E-state index in [4.69, 9.17) is 0 Å². The number of carbonyl (C=O) groups is 3. The fourth-order valence-corrected chi connectivity index (χ4v) is 3.87. The summed E-state index contributed by atoms with van der Waals surface area (Å²) in [5, 5.41) is 15.6. The molecule has 1 heterocycles. The lowest BCUT2D eigenvalue weighted by Gasteiger charge is -2.27. The lowest BCUT2D eigenvalue weighted by molar-refractivity contribution is -0.148. The molecule has 164 valence electrons. The first-order valence-electron chi connectivity index (χ1n) is 10.6. The zero-order chi connectivity index (χ0) is 22.2. The summed E-state index contributed by atoms with van der Waals surface area (Å²) in [4.78, 5) is 38.3. The molecule has 0 aromatic heterocycles. The number of amides is 2. The number of aliphatic carboxylic acids is 1. The van der Waals surface area contributed by atoms with Gasteiger partial charge in [-0.05, 0) is 43.9 Å². The third-order valence-corrected chi connectivity index (χ3v) is 5.56. The van der Waals surface area contributed by atoms with Crippen molar-refractivity contribution in [1.29, 1.82) is 0 Å². The van der Waals surface area contributed by atoms with Gasteiger partial charge in [-0.1, -0.05) is 48.5 Å². The van der Waals surface area contributed by atoms with Crippen LogP contribution in [0.4, 0.5) is 0 Å². The van der Waals surface area contributed by atoms with Gasteiger partial charge in [-0.3, -0.25) is 9.59 Å². The van der Waals surface area contributed by atoms with Gasteiger partial charge in [0, 0.05) is 24.7 Å². The molecule has 1 aliphatic rings. The summed E-state index contributed by atoms with van der Waals surface area (Å²) in [6.07, 6.45) is 1.78. The molecule has 3 rings (SSSR count). The molecule has 2 amide bonds. The first-order chi connectivity index (χ1) is 15.0. The number of carboxylic acids is 1. The van der Waals surface area contributed by atoms with Crippen molar-refractivity contribution in [3.05, 3.63) is 71.8 Å². The van der Waals surface area contributed by atoms with E-state index in [0.29, 0.717) is 37.9 Å². The number of hydrogen-bond donors (Lipinski definition) is 3. The van der Waals surface area contributed by atoms with E-state index in [2.05, 4.69) is 10.6 Å². The fourth-order valence-electron chi connectivity index (χ4n) is 3.87. The Balaban J connectivity index is 1.64. The molecule has 0 radical (unpaired) electrons. The van der Waals surface area contributed by atoms with E-state index in [0.717, 1.165) is 5.56 Å². The maximum absolute atomic E-state index is 12.8. The molecule has 0 saturated carbocycles. The third kappa shape index (κ3) is 6.15. The van der Waals surface area contributed by atoms with Gasteiger partial charge in [0.05, 0.1) is 6.04 Å². The van der Waals surface area contributed by atoms with E-state index in [1.165, 1.54) is 4.90 Å². The van der Waals surface area contributed by atoms with Gasteiger partial charge < -0.3 is 20.6 Å². The van der Waals surface area contributed by atoms with Crippen LogP contribution < -0.4 is 10.6 Å². The highest BCUT2D eigenvalue weighted by molar-refractivity contribution is 5.94. The molecule has 2 aromatic carbocycles. The number of likely N-dealkylation sites (tertiary alicyclic amines) is 1. The molecule has 7 nitrogen and oxygen atoms in total. The normalized spacial score (nSPS) is 17.7. The summed E-state index contributed by atoms with van der Waals surface area (Å²) >= 11 is 0. The molecule has 3 atom stereocenters. The second-order valence-corrected chi connectivity index (χ2v) is 7.88. The highest BCUT2D eigenvalue weighted by atomic mass is 16.4. The molecular weight excluding hydrogens is 394 g/mol. The van der Waals surface area contributed by atoms with Crippen molar-refractivity contribution in [2.45, 2.75) is 44.3 Å². The molecule has 3 N–H and O–H groups in total. The number of nitrogens with zero attached hydrogens (tertiary/aromatic N) is 1. The van der Waals surface area contributed by atoms with Crippen LogP contribution in [0.5, 0.6) is 0 Å². The van der Waals surface area contributed by atoms with Gasteiger partial charge in [0.1, 0.15) is 6.04 Å². The summed E-state index contributed by atoms with van der Waals surface area (Å²) in [6, 6.07) is 17.3. The first-order valence-corrected chi connectivity index (χ1v) is 10.6. The number of nitrogens with one attached hydrogen (secondary N) is 2. The van der Waals surface area contributed by atoms with Crippen LogP contribution in [0.1, 0.15) is 35.7 Å². The average Bonchev–Trinajstić information content (AvgIpc) is 3.28. The lowest BCUT2D eigenvalue weighted by atomic mass is 10.0. The summed E-state index contributed by atoms with van der Waals surface area (Å²) in [5.41, 5.74) is 1.65. The monoisotopic (exact) mass is 423 g/mol. The molecular formula is C24H29N3O4. The molecule has 0 spiro atoms. The topological polar surface area (TPSA) is 98.7 Å². The minimum atomic E-state index is -0.963. The zero-order valence-corrected chi connectivity index (χ0v) is 17.7. The molecule has 31 heavy (non-hydrogen) atoms. The average molecular weight is 424 g/mol. The van der Waals surface area contributed by atoms with Gasteiger partial charge in [0.15, 0.2) is 0 Å². The molecule has 7 heteroatoms. The Bertz CT molecular complexity index is 888. The molecule has 1 aliphatic heterocycles. The van der Waals surface area contributed by atoms with Crippen molar-refractivity contribution in [2.24, 2.45) is 0 Å². The van der Waals surface area contributed by atoms with Crippen molar-refractivity contribution >= 4 is 17.8 Å². The van der Waals surface area contributed by atoms with Crippen LogP contribution in [0, 0.1) is 0 Å². The van der Waals surface area contributed by atoms with E-state index in [9.17, 15) is 19.5 Å². The highest BCUT2D eigenvalue weighted by Gasteiger charge is 2.35. The van der Waals surface area contributed by atoms with Crippen LogP contribution in [0.3, 0.4) is 0 Å². The van der Waals surface area contributed by atoms with Gasteiger partial charge in [0.25, 0.3) is 5.91 Å². The van der Waals surface area contributed by atoms with E-state index in [-0.39, 0.29) is 17.9 Å². The van der Waals surface area contributed by atoms with Crippen LogP contribution in [0.25, 0.3) is 0 Å². The molecule has 0 bridgehead atoms. The summed E-state index contributed by atoms with van der Waals surface area (Å²) in [6.45, 7) is 2.57. The highest BCUT2D eigenvalue weighted by Crippen LogP contribution is 2.18. The minimum absolute atomic E-state index is 0.173. The Morgan fingerprint density at radius 2 is 1.71 bits per heavy atom. The van der Waals surface area contributed by atoms with Crippen molar-refractivity contribution in [3.8, 4) is 0 Å². The van der Waals surface area contributed by atoms with Gasteiger partial charge in [-0.2, -0.15) is 0 Å².